The van der Waals surface area contributed by atoms with Gasteiger partial charge in [0.25, 0.3) is 0 Å². The number of nitrogens with zero attached hydrogens (tertiary/aromatic N) is 1. The van der Waals surface area contributed by atoms with Gasteiger partial charge in [0.1, 0.15) is 5.82 Å². The summed E-state index contributed by atoms with van der Waals surface area (Å²) in [4.78, 5) is 7.97. The molecule has 3 aromatic rings. The summed E-state index contributed by atoms with van der Waals surface area (Å²) in [5.74, 6) is 0.857. The molecule has 0 aliphatic carbocycles. The summed E-state index contributed by atoms with van der Waals surface area (Å²) in [6.45, 7) is 0. The second-order valence-corrected chi connectivity index (χ2v) is 7.32. The van der Waals surface area contributed by atoms with Gasteiger partial charge in [0.05, 0.1) is 22.4 Å². The minimum Gasteiger partial charge on any atom is -0.391 e. The number of aromatic nitrogens is 2. The molecule has 1 aliphatic rings. The number of imidazole rings is 1. The number of nitrogens with one attached hydrogen (secondary N) is 1. The monoisotopic (exact) mass is 330 g/mol. The van der Waals surface area contributed by atoms with E-state index in [2.05, 4.69) is 9.97 Å². The minimum atomic E-state index is -0.397. The average molecular weight is 331 g/mol. The number of hydrogen-bond acceptors (Lipinski definition) is 3. The number of thioether (sulfide) groups is 1. The molecule has 1 saturated heterocycles. The van der Waals surface area contributed by atoms with Gasteiger partial charge in [-0.25, -0.2) is 4.98 Å². The van der Waals surface area contributed by atoms with Crippen molar-refractivity contribution in [1.29, 1.82) is 0 Å². The fraction of sp³-hybridized carbons (Fsp3) is 0.235. The van der Waals surface area contributed by atoms with Crippen LogP contribution >= 0.6 is 23.4 Å². The molecular formula is C17H15ClN2OS. The molecule has 0 radical (unpaired) electrons. The maximum Gasteiger partial charge on any atom is 0.123 e. The van der Waals surface area contributed by atoms with Crippen molar-refractivity contribution >= 4 is 34.4 Å². The number of halogens is 1. The zero-order valence-corrected chi connectivity index (χ0v) is 13.3. The van der Waals surface area contributed by atoms with Crippen LogP contribution in [0, 0.1) is 0 Å². The molecule has 4 rings (SSSR count). The van der Waals surface area contributed by atoms with E-state index in [9.17, 15) is 5.11 Å². The second kappa shape index (κ2) is 5.61. The summed E-state index contributed by atoms with van der Waals surface area (Å²) in [7, 11) is 0. The lowest BCUT2D eigenvalue weighted by Gasteiger charge is -2.10. The Hall–Kier alpha value is -1.49. The lowest BCUT2D eigenvalue weighted by atomic mass is 10.0. The molecule has 2 N–H and O–H groups in total. The molecule has 0 saturated carbocycles. The van der Waals surface area contributed by atoms with Crippen LogP contribution in [-0.4, -0.2) is 21.2 Å². The lowest BCUT2D eigenvalue weighted by molar-refractivity contribution is 0.168. The summed E-state index contributed by atoms with van der Waals surface area (Å²) in [6.07, 6.45) is 0.333. The summed E-state index contributed by atoms with van der Waals surface area (Å²) < 4.78 is 0. The van der Waals surface area contributed by atoms with Crippen LogP contribution in [0.3, 0.4) is 0 Å². The molecule has 3 unspecified atom stereocenters. The first-order chi connectivity index (χ1) is 10.7. The smallest absolute Gasteiger partial charge is 0.123 e. The van der Waals surface area contributed by atoms with Crippen molar-refractivity contribution in [2.45, 2.75) is 23.0 Å². The number of fused-ring (bicyclic) bond motifs is 1. The highest BCUT2D eigenvalue weighted by Gasteiger charge is 2.37. The fourth-order valence-electron chi connectivity index (χ4n) is 2.91. The highest BCUT2D eigenvalue weighted by molar-refractivity contribution is 8.00. The summed E-state index contributed by atoms with van der Waals surface area (Å²) in [5.41, 5.74) is 3.16. The molecule has 3 nitrogen and oxygen atoms in total. The van der Waals surface area contributed by atoms with Crippen molar-refractivity contribution in [2.24, 2.45) is 0 Å². The third kappa shape index (κ3) is 2.51. The third-order valence-corrected chi connectivity index (χ3v) is 5.91. The van der Waals surface area contributed by atoms with Crippen LogP contribution in [0.4, 0.5) is 0 Å². The van der Waals surface area contributed by atoms with Crippen molar-refractivity contribution in [3.8, 4) is 0 Å². The molecule has 0 amide bonds. The number of aromatic amines is 1. The predicted octanol–water partition coefficient (Wildman–Crippen LogP) is 4.50. The number of benzene rings is 2. The van der Waals surface area contributed by atoms with Crippen molar-refractivity contribution in [2.75, 3.05) is 0 Å². The molecule has 112 valence electrons. The molecule has 2 heterocycles. The molecule has 0 bridgehead atoms. The van der Waals surface area contributed by atoms with Gasteiger partial charge < -0.3 is 10.1 Å². The molecule has 2 aromatic carbocycles. The van der Waals surface area contributed by atoms with Gasteiger partial charge in [-0.05, 0) is 36.2 Å². The van der Waals surface area contributed by atoms with E-state index in [1.807, 2.05) is 48.5 Å². The average Bonchev–Trinajstić information content (AvgIpc) is 3.11. The van der Waals surface area contributed by atoms with Gasteiger partial charge in [0.15, 0.2) is 0 Å². The van der Waals surface area contributed by atoms with Crippen LogP contribution in [0.5, 0.6) is 0 Å². The highest BCUT2D eigenvalue weighted by Crippen LogP contribution is 2.52. The summed E-state index contributed by atoms with van der Waals surface area (Å²) >= 11 is 7.70. The topological polar surface area (TPSA) is 48.9 Å². The van der Waals surface area contributed by atoms with Gasteiger partial charge in [-0.2, -0.15) is 0 Å². The molecule has 1 aromatic heterocycles. The number of rotatable bonds is 2. The van der Waals surface area contributed by atoms with E-state index in [-0.39, 0.29) is 10.5 Å². The molecule has 3 atom stereocenters. The Morgan fingerprint density at radius 1 is 1.14 bits per heavy atom. The van der Waals surface area contributed by atoms with Crippen molar-refractivity contribution in [1.82, 2.24) is 9.97 Å². The lowest BCUT2D eigenvalue weighted by Crippen LogP contribution is -2.10. The maximum atomic E-state index is 10.4. The zero-order valence-electron chi connectivity index (χ0n) is 11.7. The van der Waals surface area contributed by atoms with Crippen LogP contribution in [0.1, 0.15) is 28.3 Å². The first kappa shape index (κ1) is 14.1. The van der Waals surface area contributed by atoms with E-state index < -0.39 is 6.10 Å². The maximum absolute atomic E-state index is 10.4. The van der Waals surface area contributed by atoms with Gasteiger partial charge >= 0.3 is 0 Å². The normalized spacial score (nSPS) is 24.9. The zero-order chi connectivity index (χ0) is 15.1. The Morgan fingerprint density at radius 3 is 2.68 bits per heavy atom. The van der Waals surface area contributed by atoms with Crippen LogP contribution in [-0.2, 0) is 0 Å². The Balaban J connectivity index is 1.61. The largest absolute Gasteiger partial charge is 0.391 e. The van der Waals surface area contributed by atoms with Gasteiger partial charge in [0, 0.05) is 10.3 Å². The Labute approximate surface area is 137 Å². The Morgan fingerprint density at radius 2 is 1.91 bits per heavy atom. The first-order valence-electron chi connectivity index (χ1n) is 7.24. The van der Waals surface area contributed by atoms with E-state index in [4.69, 9.17) is 11.6 Å². The summed E-state index contributed by atoms with van der Waals surface area (Å²) in [5, 5.41) is 11.4. The van der Waals surface area contributed by atoms with Crippen molar-refractivity contribution in [3.63, 3.8) is 0 Å². The van der Waals surface area contributed by atoms with Gasteiger partial charge in [-0.3, -0.25) is 0 Å². The van der Waals surface area contributed by atoms with Crippen molar-refractivity contribution in [3.05, 3.63) is 64.9 Å². The number of aliphatic hydroxyl groups excluding tert-OH is 1. The summed E-state index contributed by atoms with van der Waals surface area (Å²) in [6, 6.07) is 15.8. The number of H-pyrrole nitrogens is 1. The molecule has 1 fully saturated rings. The molecule has 0 spiro atoms. The standard InChI is InChI=1S/C17H15ClN2OS/c18-11-7-5-10(6-8-11)15-9-14(21)16(22-15)17-19-12-3-1-2-4-13(12)20-17/h1-8,14-16,21H,9H2,(H,19,20). The Bertz CT molecular complexity index is 769. The molecule has 22 heavy (non-hydrogen) atoms. The van der Waals surface area contributed by atoms with Gasteiger partial charge in [0.2, 0.25) is 0 Å². The van der Waals surface area contributed by atoms with Gasteiger partial charge in [-0.15, -0.1) is 11.8 Å². The van der Waals surface area contributed by atoms with E-state index in [0.29, 0.717) is 0 Å². The van der Waals surface area contributed by atoms with Crippen LogP contribution in [0.25, 0.3) is 11.0 Å². The first-order valence-corrected chi connectivity index (χ1v) is 8.56. The predicted molar refractivity (Wildman–Crippen MR) is 91.2 cm³/mol. The van der Waals surface area contributed by atoms with Gasteiger partial charge in [-0.1, -0.05) is 35.9 Å². The van der Waals surface area contributed by atoms with Crippen LogP contribution in [0.15, 0.2) is 48.5 Å². The van der Waals surface area contributed by atoms with E-state index in [1.54, 1.807) is 11.8 Å². The third-order valence-electron chi connectivity index (χ3n) is 4.03. The molecule has 5 heteroatoms. The van der Waals surface area contributed by atoms with Crippen LogP contribution < -0.4 is 0 Å². The molecular weight excluding hydrogens is 316 g/mol. The highest BCUT2D eigenvalue weighted by atomic mass is 35.5. The fourth-order valence-corrected chi connectivity index (χ4v) is 4.55. The quantitative estimate of drug-likeness (QED) is 0.727. The Kier molecular flexibility index (Phi) is 3.60. The van der Waals surface area contributed by atoms with Crippen molar-refractivity contribution < 1.29 is 5.11 Å². The van der Waals surface area contributed by atoms with E-state index in [0.717, 1.165) is 28.3 Å². The second-order valence-electron chi connectivity index (χ2n) is 5.54. The van der Waals surface area contributed by atoms with Crippen LogP contribution in [0.2, 0.25) is 5.02 Å². The number of hydrogen-bond donors (Lipinski definition) is 2. The SMILES string of the molecule is OC1CC(c2ccc(Cl)cc2)SC1c1nc2ccccc2[nH]1. The molecule has 1 aliphatic heterocycles. The number of para-hydroxylation sites is 2. The number of aliphatic hydroxyl groups is 1. The van der Waals surface area contributed by atoms with E-state index >= 15 is 0 Å². The minimum absolute atomic E-state index is 0.0203. The van der Waals surface area contributed by atoms with E-state index in [1.165, 1.54) is 5.56 Å².